The molecule has 0 saturated heterocycles. The van der Waals surface area contributed by atoms with Gasteiger partial charge in [0, 0.05) is 6.20 Å². The molecule has 1 atom stereocenters. The van der Waals surface area contributed by atoms with Crippen molar-refractivity contribution in [1.82, 2.24) is 20.3 Å². The number of aromatic nitrogens is 3. The van der Waals surface area contributed by atoms with E-state index in [1.165, 1.54) is 24.0 Å². The maximum absolute atomic E-state index is 14.0. The second kappa shape index (κ2) is 8.01. The molecule has 9 heteroatoms. The molecule has 0 aromatic carbocycles. The van der Waals surface area contributed by atoms with Crippen molar-refractivity contribution in [3.05, 3.63) is 47.6 Å². The minimum atomic E-state index is -1.22. The topological polar surface area (TPSA) is 100 Å². The number of pyridine rings is 1. The van der Waals surface area contributed by atoms with E-state index in [4.69, 9.17) is 0 Å². The molecule has 142 valence electrons. The highest BCUT2D eigenvalue weighted by molar-refractivity contribution is 7.98. The zero-order chi connectivity index (χ0) is 19.4. The largest absolute Gasteiger partial charge is 0.384 e. The molecule has 3 heterocycles. The monoisotopic (exact) mass is 389 g/mol. The van der Waals surface area contributed by atoms with Crippen LogP contribution in [0.1, 0.15) is 35.8 Å². The number of hydrogen-bond acceptors (Lipinski definition) is 7. The fourth-order valence-corrected chi connectivity index (χ4v) is 2.96. The van der Waals surface area contributed by atoms with Gasteiger partial charge in [-0.1, -0.05) is 23.9 Å². The molecule has 27 heavy (non-hydrogen) atoms. The van der Waals surface area contributed by atoms with Crippen LogP contribution in [-0.2, 0) is 5.60 Å². The minimum absolute atomic E-state index is 0.177. The fourth-order valence-electron chi connectivity index (χ4n) is 2.62. The van der Waals surface area contributed by atoms with E-state index in [0.29, 0.717) is 29.5 Å². The van der Waals surface area contributed by atoms with Crippen LogP contribution in [0.5, 0.6) is 0 Å². The van der Waals surface area contributed by atoms with Crippen LogP contribution in [0.25, 0.3) is 0 Å². The van der Waals surface area contributed by atoms with Crippen LogP contribution in [0.15, 0.2) is 41.5 Å². The van der Waals surface area contributed by atoms with Crippen molar-refractivity contribution in [3.8, 4) is 0 Å². The lowest BCUT2D eigenvalue weighted by Crippen LogP contribution is -2.27. The Hall–Kier alpha value is -2.52. The van der Waals surface area contributed by atoms with Crippen LogP contribution in [0, 0.1) is 0 Å². The Morgan fingerprint density at radius 2 is 2.15 bits per heavy atom. The number of nitrogens with zero attached hydrogens (tertiary/aromatic N) is 3. The molecule has 2 bridgehead atoms. The summed E-state index contributed by atoms with van der Waals surface area (Å²) in [5, 5.41) is 16.7. The van der Waals surface area contributed by atoms with Crippen molar-refractivity contribution in [2.45, 2.75) is 30.5 Å². The Kier molecular flexibility index (Phi) is 5.71. The first-order chi connectivity index (χ1) is 12.9. The molecular formula is C18H20FN5O2S. The predicted octanol–water partition coefficient (Wildman–Crippen LogP) is 2.92. The van der Waals surface area contributed by atoms with Crippen molar-refractivity contribution in [1.29, 1.82) is 0 Å². The van der Waals surface area contributed by atoms with Crippen LogP contribution >= 0.6 is 11.8 Å². The number of allylic oxidation sites excluding steroid dienone is 1. The molecule has 2 aromatic rings. The van der Waals surface area contributed by atoms with Gasteiger partial charge in [-0.05, 0) is 38.2 Å². The molecule has 1 aliphatic heterocycles. The summed E-state index contributed by atoms with van der Waals surface area (Å²) in [4.78, 5) is 25.3. The fraction of sp³-hybridized carbons (Fsp3) is 0.333. The summed E-state index contributed by atoms with van der Waals surface area (Å²) < 4.78 is 14.0. The Labute approximate surface area is 160 Å². The van der Waals surface area contributed by atoms with Gasteiger partial charge in [0.15, 0.2) is 5.16 Å². The van der Waals surface area contributed by atoms with Crippen molar-refractivity contribution < 1.29 is 14.3 Å². The highest BCUT2D eigenvalue weighted by Gasteiger charge is 2.25. The molecule has 7 nitrogen and oxygen atoms in total. The summed E-state index contributed by atoms with van der Waals surface area (Å²) in [6.45, 7) is 1.40. The second-order valence-corrected chi connectivity index (χ2v) is 7.07. The first-order valence-corrected chi connectivity index (χ1v) is 9.62. The number of fused-ring (bicyclic) bond motifs is 3. The van der Waals surface area contributed by atoms with Crippen LogP contribution < -0.4 is 10.6 Å². The Morgan fingerprint density at radius 1 is 1.33 bits per heavy atom. The summed E-state index contributed by atoms with van der Waals surface area (Å²) >= 11 is 1.33. The third kappa shape index (κ3) is 4.61. The van der Waals surface area contributed by atoms with Crippen molar-refractivity contribution in [2.24, 2.45) is 0 Å². The number of halogens is 1. The zero-order valence-electron chi connectivity index (χ0n) is 15.0. The van der Waals surface area contributed by atoms with E-state index >= 15 is 0 Å². The average molecular weight is 389 g/mol. The molecule has 3 N–H and O–H groups in total. The van der Waals surface area contributed by atoms with Gasteiger partial charge in [0.1, 0.15) is 28.6 Å². The number of hydrogen-bond donors (Lipinski definition) is 3. The van der Waals surface area contributed by atoms with E-state index in [1.807, 2.05) is 6.26 Å². The number of carbonyl (C=O) groups is 1. The van der Waals surface area contributed by atoms with Crippen LogP contribution in [0.3, 0.4) is 0 Å². The lowest BCUT2D eigenvalue weighted by Gasteiger charge is -2.23. The first-order valence-electron chi connectivity index (χ1n) is 8.40. The highest BCUT2D eigenvalue weighted by atomic mass is 32.2. The van der Waals surface area contributed by atoms with Gasteiger partial charge >= 0.3 is 0 Å². The van der Waals surface area contributed by atoms with E-state index < -0.39 is 17.3 Å². The van der Waals surface area contributed by atoms with Gasteiger partial charge in [0.05, 0.1) is 12.2 Å². The Bertz CT molecular complexity index is 888. The predicted molar refractivity (Wildman–Crippen MR) is 102 cm³/mol. The zero-order valence-corrected chi connectivity index (χ0v) is 15.8. The summed E-state index contributed by atoms with van der Waals surface area (Å²) in [6.07, 6.45) is 5.17. The molecule has 3 rings (SSSR count). The van der Waals surface area contributed by atoms with Gasteiger partial charge < -0.3 is 15.7 Å². The average Bonchev–Trinajstić information content (AvgIpc) is 2.65. The molecular weight excluding hydrogens is 369 g/mol. The number of carbonyl (C=O) groups excluding carboxylic acids is 1. The van der Waals surface area contributed by atoms with Gasteiger partial charge in [0.25, 0.3) is 5.91 Å². The molecule has 0 fully saturated rings. The molecule has 0 saturated carbocycles. The Balaban J connectivity index is 2.07. The summed E-state index contributed by atoms with van der Waals surface area (Å²) in [7, 11) is 0. The normalized spacial score (nSPS) is 22.5. The minimum Gasteiger partial charge on any atom is -0.384 e. The number of anilines is 2. The summed E-state index contributed by atoms with van der Waals surface area (Å²) in [5.74, 6) is -0.271. The molecule has 0 unspecified atom stereocenters. The van der Waals surface area contributed by atoms with Crippen molar-refractivity contribution >= 4 is 29.3 Å². The molecule has 1 aliphatic rings. The lowest BCUT2D eigenvalue weighted by atomic mass is 9.95. The molecule has 1 amide bonds. The SMILES string of the molecule is CSc1ncc2c(n1)Nc1cccc(n1)[C@](C)(O)CC/C=C(/F)CNC2=O. The lowest BCUT2D eigenvalue weighted by molar-refractivity contribution is 0.0443. The van der Waals surface area contributed by atoms with Gasteiger partial charge in [-0.15, -0.1) is 0 Å². The number of amides is 1. The third-order valence-electron chi connectivity index (χ3n) is 4.16. The second-order valence-electron chi connectivity index (χ2n) is 6.30. The van der Waals surface area contributed by atoms with E-state index in [2.05, 4.69) is 25.6 Å². The summed E-state index contributed by atoms with van der Waals surface area (Å²) in [6, 6.07) is 5.17. The van der Waals surface area contributed by atoms with E-state index in [0.717, 1.165) is 0 Å². The smallest absolute Gasteiger partial charge is 0.256 e. The first kappa shape index (κ1) is 19.2. The molecule has 2 aromatic heterocycles. The van der Waals surface area contributed by atoms with Crippen molar-refractivity contribution in [2.75, 3.05) is 18.1 Å². The molecule has 0 spiro atoms. The van der Waals surface area contributed by atoms with Crippen LogP contribution in [-0.4, -0.2) is 38.8 Å². The number of aliphatic hydroxyl groups is 1. The molecule has 0 aliphatic carbocycles. The quantitative estimate of drug-likeness (QED) is 0.509. The number of thioether (sulfide) groups is 1. The van der Waals surface area contributed by atoms with Gasteiger partial charge in [-0.2, -0.15) is 0 Å². The maximum atomic E-state index is 14.0. The van der Waals surface area contributed by atoms with Gasteiger partial charge in [-0.25, -0.2) is 19.3 Å². The van der Waals surface area contributed by atoms with Gasteiger partial charge in [0.2, 0.25) is 0 Å². The standard InChI is InChI=1S/C18H20FN5O2S/c1-18(26)8-4-5-11(19)9-20-16(25)12-10-21-17(27-2)24-15(12)23-14-7-3-6-13(18)22-14/h3,5-7,10,26H,4,8-9H2,1-2H3,(H,20,25)(H,21,22,23,24)/b11-5+/t18-/m1/s1. The van der Waals surface area contributed by atoms with Crippen LogP contribution in [0.2, 0.25) is 0 Å². The van der Waals surface area contributed by atoms with E-state index in [1.54, 1.807) is 25.1 Å². The number of rotatable bonds is 1. The van der Waals surface area contributed by atoms with Crippen LogP contribution in [0.4, 0.5) is 16.0 Å². The maximum Gasteiger partial charge on any atom is 0.256 e. The van der Waals surface area contributed by atoms with E-state index in [-0.39, 0.29) is 17.9 Å². The van der Waals surface area contributed by atoms with E-state index in [9.17, 15) is 14.3 Å². The Morgan fingerprint density at radius 3 is 2.93 bits per heavy atom. The van der Waals surface area contributed by atoms with Gasteiger partial charge in [-0.3, -0.25) is 4.79 Å². The molecule has 0 radical (unpaired) electrons. The third-order valence-corrected chi connectivity index (χ3v) is 4.72. The number of nitrogens with one attached hydrogen (secondary N) is 2. The summed E-state index contributed by atoms with van der Waals surface area (Å²) in [5.41, 5.74) is -0.596. The van der Waals surface area contributed by atoms with Crippen molar-refractivity contribution in [3.63, 3.8) is 0 Å². The highest BCUT2D eigenvalue weighted by Crippen LogP contribution is 2.27.